The number of amides is 2. The fraction of sp³-hybridized carbons (Fsp3) is 0.100. The number of rotatable bonds is 2. The minimum Gasteiger partial charge on any atom is -0.279 e. The molecule has 82 valence electrons. The summed E-state index contributed by atoms with van der Waals surface area (Å²) < 4.78 is 0. The molecule has 0 aromatic heterocycles. The largest absolute Gasteiger partial charge is 0.279 e. The van der Waals surface area contributed by atoms with E-state index < -0.39 is 23.6 Å². The monoisotopic (exact) mass is 257 g/mol. The van der Waals surface area contributed by atoms with Gasteiger partial charge in [0.05, 0.1) is 11.1 Å². The van der Waals surface area contributed by atoms with Crippen LogP contribution < -0.4 is 0 Å². The minimum absolute atomic E-state index is 0.204. The van der Waals surface area contributed by atoms with Crippen molar-refractivity contribution in [2.75, 3.05) is 6.54 Å². The van der Waals surface area contributed by atoms with Gasteiger partial charge in [-0.25, -0.2) is 0 Å². The highest BCUT2D eigenvalue weighted by atomic mass is 35.5. The fourth-order valence-corrected chi connectivity index (χ4v) is 1.82. The summed E-state index contributed by atoms with van der Waals surface area (Å²) in [5.41, 5.74) is 0.447. The lowest BCUT2D eigenvalue weighted by Crippen LogP contribution is -2.33. The van der Waals surface area contributed by atoms with Gasteiger partial charge in [0, 0.05) is 5.02 Å². The van der Waals surface area contributed by atoms with Crippen LogP contribution in [0.25, 0.3) is 0 Å². The third-order valence-electron chi connectivity index (χ3n) is 2.22. The van der Waals surface area contributed by atoms with Crippen molar-refractivity contribution in [3.63, 3.8) is 0 Å². The topological polar surface area (TPSA) is 54.5 Å². The first-order valence-electron chi connectivity index (χ1n) is 4.35. The maximum Gasteiger partial charge on any atom is 0.262 e. The van der Waals surface area contributed by atoms with Gasteiger partial charge in [-0.05, 0) is 29.8 Å². The van der Waals surface area contributed by atoms with Crippen molar-refractivity contribution < 1.29 is 14.4 Å². The molecule has 0 aliphatic carbocycles. The van der Waals surface area contributed by atoms with Crippen molar-refractivity contribution >= 4 is 40.3 Å². The molecule has 0 saturated carbocycles. The van der Waals surface area contributed by atoms with Crippen molar-refractivity contribution in [2.24, 2.45) is 0 Å². The number of nitrogens with zero attached hydrogens (tertiary/aromatic N) is 1. The van der Waals surface area contributed by atoms with E-state index in [1.807, 2.05) is 0 Å². The van der Waals surface area contributed by atoms with Gasteiger partial charge in [-0.2, -0.15) is 0 Å². The smallest absolute Gasteiger partial charge is 0.262 e. The van der Waals surface area contributed by atoms with Gasteiger partial charge < -0.3 is 0 Å². The zero-order chi connectivity index (χ0) is 11.9. The summed E-state index contributed by atoms with van der Waals surface area (Å²) in [6.45, 7) is -0.425. The first kappa shape index (κ1) is 11.1. The molecule has 0 radical (unpaired) electrons. The second-order valence-electron chi connectivity index (χ2n) is 3.24. The molecular weight excluding hydrogens is 253 g/mol. The van der Waals surface area contributed by atoms with Crippen LogP contribution in [0.4, 0.5) is 0 Å². The predicted molar refractivity (Wildman–Crippen MR) is 57.7 cm³/mol. The van der Waals surface area contributed by atoms with Crippen molar-refractivity contribution in [1.82, 2.24) is 4.90 Å². The highest BCUT2D eigenvalue weighted by Crippen LogP contribution is 2.25. The third kappa shape index (κ3) is 1.70. The summed E-state index contributed by atoms with van der Waals surface area (Å²) in [6, 6.07) is 4.37. The third-order valence-corrected chi connectivity index (χ3v) is 2.57. The number of benzene rings is 1. The van der Waals surface area contributed by atoms with Crippen molar-refractivity contribution in [2.45, 2.75) is 0 Å². The first-order valence-corrected chi connectivity index (χ1v) is 5.10. The van der Waals surface area contributed by atoms with Crippen LogP contribution in [0.2, 0.25) is 5.02 Å². The van der Waals surface area contributed by atoms with Gasteiger partial charge in [-0.3, -0.25) is 19.3 Å². The molecule has 16 heavy (non-hydrogen) atoms. The summed E-state index contributed by atoms with van der Waals surface area (Å²) in [4.78, 5) is 34.9. The molecule has 1 aliphatic heterocycles. The van der Waals surface area contributed by atoms with E-state index in [1.165, 1.54) is 18.2 Å². The normalized spacial score (nSPS) is 14.2. The van der Waals surface area contributed by atoms with Crippen molar-refractivity contribution in [3.05, 3.63) is 34.3 Å². The van der Waals surface area contributed by atoms with Crippen LogP contribution in [0.15, 0.2) is 18.2 Å². The molecule has 2 amide bonds. The second kappa shape index (κ2) is 3.88. The molecule has 0 spiro atoms. The lowest BCUT2D eigenvalue weighted by molar-refractivity contribution is -0.112. The van der Waals surface area contributed by atoms with E-state index in [4.69, 9.17) is 23.2 Å². The van der Waals surface area contributed by atoms with Gasteiger partial charge in [-0.15, -0.1) is 0 Å². The van der Waals surface area contributed by atoms with E-state index in [0.717, 1.165) is 4.90 Å². The summed E-state index contributed by atoms with van der Waals surface area (Å²) in [5.74, 6) is -1.07. The fourth-order valence-electron chi connectivity index (χ4n) is 1.53. The molecule has 1 heterocycles. The standard InChI is InChI=1S/C10H5Cl2NO3/c11-5-1-2-6-7(3-5)10(16)13(9(6)15)4-8(12)14/h1-3H,4H2. The molecule has 0 saturated heterocycles. The van der Waals surface area contributed by atoms with Crippen LogP contribution in [0, 0.1) is 0 Å². The van der Waals surface area contributed by atoms with Gasteiger partial charge >= 0.3 is 0 Å². The van der Waals surface area contributed by atoms with Crippen LogP contribution in [-0.4, -0.2) is 28.5 Å². The first-order chi connectivity index (χ1) is 7.50. The molecule has 0 unspecified atom stereocenters. The molecule has 6 heteroatoms. The van der Waals surface area contributed by atoms with Crippen LogP contribution in [0.3, 0.4) is 0 Å². The predicted octanol–water partition coefficient (Wildman–Crippen LogP) is 1.70. The number of imide groups is 1. The zero-order valence-corrected chi connectivity index (χ0v) is 9.38. The van der Waals surface area contributed by atoms with Crippen molar-refractivity contribution in [3.8, 4) is 0 Å². The van der Waals surface area contributed by atoms with E-state index in [2.05, 4.69) is 0 Å². The summed E-state index contributed by atoms with van der Waals surface area (Å²) >= 11 is 10.9. The van der Waals surface area contributed by atoms with E-state index in [0.29, 0.717) is 5.02 Å². The Hall–Kier alpha value is -1.39. The number of hydrogen-bond donors (Lipinski definition) is 0. The molecule has 0 fully saturated rings. The van der Waals surface area contributed by atoms with Crippen LogP contribution in [0.1, 0.15) is 20.7 Å². The molecule has 4 nitrogen and oxygen atoms in total. The van der Waals surface area contributed by atoms with E-state index in [1.54, 1.807) is 0 Å². The number of halogens is 2. The number of fused-ring (bicyclic) bond motifs is 1. The van der Waals surface area contributed by atoms with E-state index >= 15 is 0 Å². The summed E-state index contributed by atoms with van der Waals surface area (Å²) in [6.07, 6.45) is 0. The maximum absolute atomic E-state index is 11.7. The molecule has 1 aromatic rings. The van der Waals surface area contributed by atoms with E-state index in [9.17, 15) is 14.4 Å². The Morgan fingerprint density at radius 1 is 1.19 bits per heavy atom. The summed E-state index contributed by atoms with van der Waals surface area (Å²) in [5, 5.41) is -0.403. The molecule has 2 rings (SSSR count). The zero-order valence-electron chi connectivity index (χ0n) is 7.87. The molecular formula is C10H5Cl2NO3. The number of carbonyl (C=O) groups excluding carboxylic acids is 3. The second-order valence-corrected chi connectivity index (χ2v) is 4.10. The highest BCUT2D eigenvalue weighted by molar-refractivity contribution is 6.64. The molecule has 0 bridgehead atoms. The van der Waals surface area contributed by atoms with Crippen molar-refractivity contribution in [1.29, 1.82) is 0 Å². The average molecular weight is 258 g/mol. The minimum atomic E-state index is -0.763. The SMILES string of the molecule is O=C(Cl)CN1C(=O)c2ccc(Cl)cc2C1=O. The Labute approximate surface area is 101 Å². The summed E-state index contributed by atoms with van der Waals surface area (Å²) in [7, 11) is 0. The van der Waals surface area contributed by atoms with Gasteiger partial charge in [0.2, 0.25) is 5.24 Å². The quantitative estimate of drug-likeness (QED) is 0.599. The number of hydrogen-bond acceptors (Lipinski definition) is 3. The molecule has 0 N–H and O–H groups in total. The highest BCUT2D eigenvalue weighted by Gasteiger charge is 2.36. The Morgan fingerprint density at radius 3 is 2.44 bits per heavy atom. The van der Waals surface area contributed by atoms with E-state index in [-0.39, 0.29) is 11.1 Å². The lowest BCUT2D eigenvalue weighted by Gasteiger charge is -2.09. The lowest BCUT2D eigenvalue weighted by atomic mass is 10.1. The Morgan fingerprint density at radius 2 is 1.81 bits per heavy atom. The van der Waals surface area contributed by atoms with Crippen LogP contribution >= 0.6 is 23.2 Å². The van der Waals surface area contributed by atoms with Gasteiger partial charge in [0.25, 0.3) is 11.8 Å². The van der Waals surface area contributed by atoms with Gasteiger partial charge in [-0.1, -0.05) is 11.6 Å². The molecule has 1 aromatic carbocycles. The van der Waals surface area contributed by atoms with Gasteiger partial charge in [0.15, 0.2) is 0 Å². The van der Waals surface area contributed by atoms with Crippen LogP contribution in [0.5, 0.6) is 0 Å². The average Bonchev–Trinajstić information content (AvgIpc) is 2.43. The van der Waals surface area contributed by atoms with Gasteiger partial charge in [0.1, 0.15) is 6.54 Å². The Kier molecular flexibility index (Phi) is 2.69. The Balaban J connectivity index is 2.44. The molecule has 1 aliphatic rings. The number of carbonyl (C=O) groups is 3. The maximum atomic E-state index is 11.7. The molecule has 0 atom stereocenters. The van der Waals surface area contributed by atoms with Crippen LogP contribution in [-0.2, 0) is 4.79 Å². The Bertz CT molecular complexity index is 513.